The van der Waals surface area contributed by atoms with E-state index >= 15 is 0 Å². The summed E-state index contributed by atoms with van der Waals surface area (Å²) >= 11 is 0. The van der Waals surface area contributed by atoms with Gasteiger partial charge in [-0.05, 0) is 44.7 Å². The summed E-state index contributed by atoms with van der Waals surface area (Å²) in [5, 5.41) is 3.27. The highest BCUT2D eigenvalue weighted by molar-refractivity contribution is 7.89. The molecule has 1 amide bonds. The van der Waals surface area contributed by atoms with Crippen LogP contribution < -0.4 is 10.0 Å². The lowest BCUT2D eigenvalue weighted by atomic mass is 9.96. The van der Waals surface area contributed by atoms with Crippen LogP contribution in [0.1, 0.15) is 25.7 Å². The van der Waals surface area contributed by atoms with Gasteiger partial charge in [-0.2, -0.15) is 0 Å². The first kappa shape index (κ1) is 14.7. The third kappa shape index (κ3) is 4.15. The third-order valence-electron chi connectivity index (χ3n) is 4.00. The van der Waals surface area contributed by atoms with Crippen molar-refractivity contribution in [3.63, 3.8) is 0 Å². The van der Waals surface area contributed by atoms with Gasteiger partial charge in [0.05, 0.1) is 5.75 Å². The molecule has 0 spiro atoms. The standard InChI is InChI=1S/C12H23N3O3S/c1-15-8-4-11(12(15)16)14-19(17,18)9-5-10-2-6-13-7-3-10/h10-11,13-14H,2-9H2,1H3. The highest BCUT2D eigenvalue weighted by Crippen LogP contribution is 2.17. The summed E-state index contributed by atoms with van der Waals surface area (Å²) in [6.07, 6.45) is 3.34. The molecule has 0 aromatic carbocycles. The highest BCUT2D eigenvalue weighted by atomic mass is 32.2. The SMILES string of the molecule is CN1CCC(NS(=O)(=O)CCC2CCNCC2)C1=O. The van der Waals surface area contributed by atoms with Crippen molar-refractivity contribution in [2.45, 2.75) is 31.7 Å². The molecule has 0 aromatic heterocycles. The molecule has 2 fully saturated rings. The molecule has 2 aliphatic heterocycles. The summed E-state index contributed by atoms with van der Waals surface area (Å²) in [7, 11) is -1.64. The maximum atomic E-state index is 12.0. The third-order valence-corrected chi connectivity index (χ3v) is 5.42. The molecular formula is C12H23N3O3S. The van der Waals surface area contributed by atoms with Gasteiger partial charge in [-0.25, -0.2) is 13.1 Å². The summed E-state index contributed by atoms with van der Waals surface area (Å²) in [5.74, 6) is 0.496. The van der Waals surface area contributed by atoms with Gasteiger partial charge in [0.2, 0.25) is 15.9 Å². The normalized spacial score (nSPS) is 26.1. The zero-order valence-corrected chi connectivity index (χ0v) is 12.2. The van der Waals surface area contributed by atoms with Gasteiger partial charge in [0.15, 0.2) is 0 Å². The molecule has 19 heavy (non-hydrogen) atoms. The number of sulfonamides is 1. The maximum Gasteiger partial charge on any atom is 0.240 e. The summed E-state index contributed by atoms with van der Waals surface area (Å²) < 4.78 is 26.5. The lowest BCUT2D eigenvalue weighted by molar-refractivity contribution is -0.127. The largest absolute Gasteiger partial charge is 0.344 e. The van der Waals surface area contributed by atoms with E-state index in [9.17, 15) is 13.2 Å². The summed E-state index contributed by atoms with van der Waals surface area (Å²) in [6, 6.07) is -0.553. The smallest absolute Gasteiger partial charge is 0.240 e. The number of carbonyl (C=O) groups excluding carboxylic acids is 1. The molecule has 110 valence electrons. The van der Waals surface area contributed by atoms with E-state index in [0.29, 0.717) is 25.3 Å². The van der Waals surface area contributed by atoms with Crippen LogP contribution in [0.4, 0.5) is 0 Å². The molecule has 2 heterocycles. The first-order chi connectivity index (χ1) is 8.98. The van der Waals surface area contributed by atoms with Crippen molar-refractivity contribution in [1.29, 1.82) is 0 Å². The van der Waals surface area contributed by atoms with Gasteiger partial charge in [-0.1, -0.05) is 0 Å². The molecule has 0 saturated carbocycles. The van der Waals surface area contributed by atoms with Crippen molar-refractivity contribution in [1.82, 2.24) is 14.9 Å². The first-order valence-corrected chi connectivity index (χ1v) is 8.59. The average Bonchev–Trinajstić information content (AvgIpc) is 2.69. The zero-order chi connectivity index (χ0) is 13.9. The minimum Gasteiger partial charge on any atom is -0.344 e. The van der Waals surface area contributed by atoms with Gasteiger partial charge >= 0.3 is 0 Å². The molecule has 1 unspecified atom stereocenters. The molecule has 2 saturated heterocycles. The van der Waals surface area contributed by atoms with Gasteiger partial charge < -0.3 is 10.2 Å². The van der Waals surface area contributed by atoms with Crippen LogP contribution in [-0.2, 0) is 14.8 Å². The molecule has 0 bridgehead atoms. The fourth-order valence-electron chi connectivity index (χ4n) is 2.70. The Kier molecular flexibility index (Phi) is 4.81. The van der Waals surface area contributed by atoms with Crippen LogP contribution in [0.3, 0.4) is 0 Å². The Morgan fingerprint density at radius 2 is 2.00 bits per heavy atom. The molecule has 2 N–H and O–H groups in total. The second kappa shape index (κ2) is 6.19. The molecule has 1 atom stereocenters. The number of likely N-dealkylation sites (N-methyl/N-ethyl adjacent to an activating group) is 1. The predicted octanol–water partition coefficient (Wildman–Crippen LogP) is -0.474. The van der Waals surface area contributed by atoms with Crippen LogP contribution in [0.25, 0.3) is 0 Å². The Morgan fingerprint density at radius 3 is 2.58 bits per heavy atom. The van der Waals surface area contributed by atoms with Gasteiger partial charge in [-0.3, -0.25) is 4.79 Å². The molecule has 6 nitrogen and oxygen atoms in total. The van der Waals surface area contributed by atoms with Gasteiger partial charge in [0.25, 0.3) is 0 Å². The molecular weight excluding hydrogens is 266 g/mol. The lowest BCUT2D eigenvalue weighted by Gasteiger charge is -2.22. The van der Waals surface area contributed by atoms with E-state index in [-0.39, 0.29) is 11.7 Å². The maximum absolute atomic E-state index is 12.0. The highest BCUT2D eigenvalue weighted by Gasteiger charge is 2.32. The second-order valence-corrected chi connectivity index (χ2v) is 7.39. The van der Waals surface area contributed by atoms with E-state index in [0.717, 1.165) is 25.9 Å². The number of nitrogens with one attached hydrogen (secondary N) is 2. The number of amides is 1. The quantitative estimate of drug-likeness (QED) is 0.717. The summed E-state index contributed by atoms with van der Waals surface area (Å²) in [4.78, 5) is 13.2. The van der Waals surface area contributed by atoms with E-state index in [2.05, 4.69) is 10.0 Å². The minimum atomic E-state index is -3.34. The lowest BCUT2D eigenvalue weighted by Crippen LogP contribution is -2.42. The van der Waals surface area contributed by atoms with E-state index < -0.39 is 16.1 Å². The predicted molar refractivity (Wildman–Crippen MR) is 73.2 cm³/mol. The van der Waals surface area contributed by atoms with Gasteiger partial charge in [-0.15, -0.1) is 0 Å². The summed E-state index contributed by atoms with van der Waals surface area (Å²) in [5.41, 5.74) is 0. The van der Waals surface area contributed by atoms with Crippen molar-refractivity contribution >= 4 is 15.9 Å². The van der Waals surface area contributed by atoms with Gasteiger partial charge in [0, 0.05) is 13.6 Å². The number of carbonyl (C=O) groups is 1. The van der Waals surface area contributed by atoms with Crippen molar-refractivity contribution in [2.75, 3.05) is 32.4 Å². The number of piperidine rings is 1. The number of rotatable bonds is 5. The second-order valence-electron chi connectivity index (χ2n) is 5.52. The van der Waals surface area contributed by atoms with Crippen molar-refractivity contribution in [3.05, 3.63) is 0 Å². The van der Waals surface area contributed by atoms with E-state index in [1.807, 2.05) is 0 Å². The van der Waals surface area contributed by atoms with Crippen LogP contribution in [0.5, 0.6) is 0 Å². The zero-order valence-electron chi connectivity index (χ0n) is 11.4. The van der Waals surface area contributed by atoms with Crippen molar-refractivity contribution in [3.8, 4) is 0 Å². The Balaban J connectivity index is 1.80. The molecule has 0 radical (unpaired) electrons. The Labute approximate surface area is 115 Å². The average molecular weight is 289 g/mol. The monoisotopic (exact) mass is 289 g/mol. The molecule has 7 heteroatoms. The number of hydrogen-bond donors (Lipinski definition) is 2. The van der Waals surface area contributed by atoms with Crippen LogP contribution in [0.15, 0.2) is 0 Å². The van der Waals surface area contributed by atoms with Crippen LogP contribution in [0, 0.1) is 5.92 Å². The Bertz CT molecular complexity index is 418. The Hall–Kier alpha value is -0.660. The van der Waals surface area contributed by atoms with E-state index in [1.165, 1.54) is 0 Å². The Morgan fingerprint density at radius 1 is 1.32 bits per heavy atom. The fraction of sp³-hybridized carbons (Fsp3) is 0.917. The van der Waals surface area contributed by atoms with Crippen molar-refractivity contribution < 1.29 is 13.2 Å². The number of likely N-dealkylation sites (tertiary alicyclic amines) is 1. The van der Waals surface area contributed by atoms with E-state index in [1.54, 1.807) is 11.9 Å². The van der Waals surface area contributed by atoms with E-state index in [4.69, 9.17) is 0 Å². The minimum absolute atomic E-state index is 0.120. The molecule has 2 rings (SSSR count). The molecule has 0 aliphatic carbocycles. The molecule has 2 aliphatic rings. The number of nitrogens with zero attached hydrogens (tertiary/aromatic N) is 1. The number of hydrogen-bond acceptors (Lipinski definition) is 4. The summed E-state index contributed by atoms with van der Waals surface area (Å²) in [6.45, 7) is 2.58. The topological polar surface area (TPSA) is 78.5 Å². The van der Waals surface area contributed by atoms with Crippen LogP contribution in [-0.4, -0.2) is 57.7 Å². The van der Waals surface area contributed by atoms with Crippen LogP contribution in [0.2, 0.25) is 0 Å². The van der Waals surface area contributed by atoms with Crippen molar-refractivity contribution in [2.24, 2.45) is 5.92 Å². The fourth-order valence-corrected chi connectivity index (χ4v) is 4.11. The van der Waals surface area contributed by atoms with Gasteiger partial charge in [0.1, 0.15) is 6.04 Å². The molecule has 0 aromatic rings. The first-order valence-electron chi connectivity index (χ1n) is 6.93. The van der Waals surface area contributed by atoms with Crippen LogP contribution >= 0.6 is 0 Å².